The summed E-state index contributed by atoms with van der Waals surface area (Å²) in [5.41, 5.74) is 7.37. The van der Waals surface area contributed by atoms with Crippen molar-refractivity contribution >= 4 is 44.8 Å². The Balaban J connectivity index is 2.91. The first kappa shape index (κ1) is 17.9. The molecule has 0 saturated carbocycles. The fourth-order valence-electron chi connectivity index (χ4n) is 1.80. The zero-order chi connectivity index (χ0) is 15.8. The van der Waals surface area contributed by atoms with Crippen LogP contribution in [0.1, 0.15) is 12.0 Å². The van der Waals surface area contributed by atoms with E-state index < -0.39 is 0 Å². The average Bonchev–Trinajstić information content (AvgIpc) is 2.47. The van der Waals surface area contributed by atoms with Crippen LogP contribution >= 0.6 is 28.1 Å². The van der Waals surface area contributed by atoms with Gasteiger partial charge >= 0.3 is 5.97 Å². The lowest BCUT2D eigenvalue weighted by Crippen LogP contribution is -2.30. The SMILES string of the molecule is COCCN(CCC(=O)OC)c1ccc(C(N)=S)cc1Br. The molecule has 0 bridgehead atoms. The number of anilines is 1. The molecule has 0 fully saturated rings. The summed E-state index contributed by atoms with van der Waals surface area (Å²) >= 11 is 8.48. The molecular weight excluding hydrogens is 356 g/mol. The van der Waals surface area contributed by atoms with Crippen LogP contribution in [-0.4, -0.2) is 44.9 Å². The molecule has 0 radical (unpaired) electrons. The minimum absolute atomic E-state index is 0.242. The molecule has 1 rings (SSSR count). The smallest absolute Gasteiger partial charge is 0.307 e. The van der Waals surface area contributed by atoms with Crippen LogP contribution in [0.5, 0.6) is 0 Å². The average molecular weight is 375 g/mol. The molecular formula is C14H19BrN2O3S. The largest absolute Gasteiger partial charge is 0.469 e. The van der Waals surface area contributed by atoms with Crippen LogP contribution in [-0.2, 0) is 14.3 Å². The van der Waals surface area contributed by atoms with E-state index in [-0.39, 0.29) is 5.97 Å². The van der Waals surface area contributed by atoms with Crippen molar-refractivity contribution in [1.82, 2.24) is 0 Å². The number of methoxy groups -OCH3 is 2. The Morgan fingerprint density at radius 3 is 2.62 bits per heavy atom. The van der Waals surface area contributed by atoms with Crippen molar-refractivity contribution in [2.24, 2.45) is 5.73 Å². The summed E-state index contributed by atoms with van der Waals surface area (Å²) < 4.78 is 10.7. The molecule has 7 heteroatoms. The topological polar surface area (TPSA) is 64.8 Å². The van der Waals surface area contributed by atoms with Gasteiger partial charge in [0.15, 0.2) is 0 Å². The molecule has 0 amide bonds. The molecule has 0 aromatic heterocycles. The highest BCUT2D eigenvalue weighted by Crippen LogP contribution is 2.27. The third-order valence-electron chi connectivity index (χ3n) is 2.95. The maximum Gasteiger partial charge on any atom is 0.307 e. The van der Waals surface area contributed by atoms with Crippen LogP contribution in [0.25, 0.3) is 0 Å². The number of nitrogens with two attached hydrogens (primary N) is 1. The van der Waals surface area contributed by atoms with Gasteiger partial charge in [0.05, 0.1) is 25.8 Å². The summed E-state index contributed by atoms with van der Waals surface area (Å²) in [5.74, 6) is -0.242. The van der Waals surface area contributed by atoms with Gasteiger partial charge in [0.1, 0.15) is 4.99 Å². The fourth-order valence-corrected chi connectivity index (χ4v) is 2.56. The molecule has 5 nitrogen and oxygen atoms in total. The maximum atomic E-state index is 11.3. The van der Waals surface area contributed by atoms with Gasteiger partial charge in [0.2, 0.25) is 0 Å². The van der Waals surface area contributed by atoms with Gasteiger partial charge in [-0.1, -0.05) is 12.2 Å². The van der Waals surface area contributed by atoms with E-state index in [1.807, 2.05) is 23.1 Å². The van der Waals surface area contributed by atoms with Crippen molar-refractivity contribution < 1.29 is 14.3 Å². The van der Waals surface area contributed by atoms with Gasteiger partial charge in [0, 0.05) is 30.2 Å². The standard InChI is InChI=1S/C14H19BrN2O3S/c1-19-8-7-17(6-5-13(18)20-2)12-4-3-10(14(16)21)9-11(12)15/h3-4,9H,5-8H2,1-2H3,(H2,16,21). The monoisotopic (exact) mass is 374 g/mol. The van der Waals surface area contributed by atoms with E-state index in [4.69, 9.17) is 22.7 Å². The predicted molar refractivity (Wildman–Crippen MR) is 90.8 cm³/mol. The highest BCUT2D eigenvalue weighted by atomic mass is 79.9. The third-order valence-corrected chi connectivity index (χ3v) is 3.82. The predicted octanol–water partition coefficient (Wildman–Crippen LogP) is 2.10. The molecule has 0 aliphatic heterocycles. The number of thiocarbonyl (C=S) groups is 1. The zero-order valence-corrected chi connectivity index (χ0v) is 14.5. The quantitative estimate of drug-likeness (QED) is 0.555. The summed E-state index contributed by atoms with van der Waals surface area (Å²) in [6, 6.07) is 5.65. The lowest BCUT2D eigenvalue weighted by Gasteiger charge is -2.25. The molecule has 21 heavy (non-hydrogen) atoms. The lowest BCUT2D eigenvalue weighted by molar-refractivity contribution is -0.140. The van der Waals surface area contributed by atoms with Crippen LogP contribution in [0.4, 0.5) is 5.69 Å². The van der Waals surface area contributed by atoms with Gasteiger partial charge in [-0.2, -0.15) is 0 Å². The van der Waals surface area contributed by atoms with Crippen LogP contribution in [0.2, 0.25) is 0 Å². The number of carbonyl (C=O) groups excluding carboxylic acids is 1. The van der Waals surface area contributed by atoms with Crippen LogP contribution in [0.3, 0.4) is 0 Å². The number of nitrogens with zero attached hydrogens (tertiary/aromatic N) is 1. The number of esters is 1. The zero-order valence-electron chi connectivity index (χ0n) is 12.1. The number of rotatable bonds is 8. The number of hydrogen-bond donors (Lipinski definition) is 1. The Morgan fingerprint density at radius 2 is 2.10 bits per heavy atom. The van der Waals surface area contributed by atoms with E-state index >= 15 is 0 Å². The van der Waals surface area contributed by atoms with E-state index in [0.29, 0.717) is 31.1 Å². The highest BCUT2D eigenvalue weighted by Gasteiger charge is 2.13. The molecule has 0 aliphatic carbocycles. The van der Waals surface area contributed by atoms with Crippen molar-refractivity contribution in [3.05, 3.63) is 28.2 Å². The van der Waals surface area contributed by atoms with Crippen LogP contribution in [0, 0.1) is 0 Å². The number of ether oxygens (including phenoxy) is 2. The Labute approximate surface area is 138 Å². The van der Waals surface area contributed by atoms with Gasteiger partial charge in [-0.3, -0.25) is 4.79 Å². The van der Waals surface area contributed by atoms with E-state index in [1.54, 1.807) is 7.11 Å². The summed E-state index contributed by atoms with van der Waals surface area (Å²) in [6.45, 7) is 1.77. The second-order valence-electron chi connectivity index (χ2n) is 4.34. The molecule has 1 aromatic rings. The van der Waals surface area contributed by atoms with Crippen molar-refractivity contribution in [1.29, 1.82) is 0 Å². The third kappa shape index (κ3) is 5.61. The van der Waals surface area contributed by atoms with E-state index in [9.17, 15) is 4.79 Å². The minimum Gasteiger partial charge on any atom is -0.469 e. The molecule has 2 N–H and O–H groups in total. The van der Waals surface area contributed by atoms with Gasteiger partial charge in [-0.05, 0) is 34.1 Å². The summed E-state index contributed by atoms with van der Waals surface area (Å²) in [4.78, 5) is 13.7. The van der Waals surface area contributed by atoms with Crippen molar-refractivity contribution in [3.8, 4) is 0 Å². The molecule has 116 valence electrons. The van der Waals surface area contributed by atoms with E-state index in [2.05, 4.69) is 20.7 Å². The highest BCUT2D eigenvalue weighted by molar-refractivity contribution is 9.10. The molecule has 1 aromatic carbocycles. The Bertz CT molecular complexity index is 511. The van der Waals surface area contributed by atoms with Gasteiger partial charge in [0.25, 0.3) is 0 Å². The molecule has 0 spiro atoms. The van der Waals surface area contributed by atoms with Crippen molar-refractivity contribution in [2.75, 3.05) is 38.8 Å². The first-order valence-electron chi connectivity index (χ1n) is 6.39. The van der Waals surface area contributed by atoms with E-state index in [1.165, 1.54) is 7.11 Å². The second-order valence-corrected chi connectivity index (χ2v) is 5.63. The summed E-state index contributed by atoms with van der Waals surface area (Å²) in [6.07, 6.45) is 0.309. The summed E-state index contributed by atoms with van der Waals surface area (Å²) in [7, 11) is 3.03. The molecule has 0 atom stereocenters. The number of hydrogen-bond acceptors (Lipinski definition) is 5. The van der Waals surface area contributed by atoms with Crippen molar-refractivity contribution in [2.45, 2.75) is 6.42 Å². The Hall–Kier alpha value is -1.18. The van der Waals surface area contributed by atoms with Crippen molar-refractivity contribution in [3.63, 3.8) is 0 Å². The molecule has 0 unspecified atom stereocenters. The maximum absolute atomic E-state index is 11.3. The normalized spacial score (nSPS) is 10.2. The Morgan fingerprint density at radius 1 is 1.38 bits per heavy atom. The fraction of sp³-hybridized carbons (Fsp3) is 0.429. The second kappa shape index (κ2) is 8.96. The van der Waals surface area contributed by atoms with Gasteiger partial charge in [-0.15, -0.1) is 0 Å². The first-order chi connectivity index (χ1) is 9.99. The Kier molecular flexibility index (Phi) is 7.63. The lowest BCUT2D eigenvalue weighted by atomic mass is 10.2. The number of benzene rings is 1. The molecule has 0 aliphatic rings. The molecule has 0 heterocycles. The number of halogens is 1. The first-order valence-corrected chi connectivity index (χ1v) is 7.59. The van der Waals surface area contributed by atoms with Crippen LogP contribution < -0.4 is 10.6 Å². The van der Waals surface area contributed by atoms with E-state index in [0.717, 1.165) is 15.7 Å². The molecule has 0 saturated heterocycles. The number of carbonyl (C=O) groups is 1. The summed E-state index contributed by atoms with van der Waals surface area (Å²) in [5, 5.41) is 0. The van der Waals surface area contributed by atoms with Gasteiger partial charge < -0.3 is 20.1 Å². The van der Waals surface area contributed by atoms with Crippen LogP contribution in [0.15, 0.2) is 22.7 Å². The minimum atomic E-state index is -0.242. The van der Waals surface area contributed by atoms with Gasteiger partial charge in [-0.25, -0.2) is 0 Å².